The molecule has 3 aromatic rings. The van der Waals surface area contributed by atoms with Crippen LogP contribution in [0.25, 0.3) is 11.5 Å². The third-order valence-electron chi connectivity index (χ3n) is 3.43. The number of hydrogen-bond donors (Lipinski definition) is 1. The fourth-order valence-electron chi connectivity index (χ4n) is 2.03. The van der Waals surface area contributed by atoms with Gasteiger partial charge in [-0.3, -0.25) is 15.1 Å². The maximum Gasteiger partial charge on any atom is 0.322 e. The molecule has 2 heterocycles. The number of nitrogens with one attached hydrogen (secondary N) is 1. The summed E-state index contributed by atoms with van der Waals surface area (Å²) in [5.74, 6) is -0.231. The highest BCUT2D eigenvalue weighted by Crippen LogP contribution is 2.19. The third-order valence-corrected chi connectivity index (χ3v) is 5.18. The van der Waals surface area contributed by atoms with E-state index in [1.54, 1.807) is 31.5 Å². The molecule has 1 aromatic carbocycles. The van der Waals surface area contributed by atoms with E-state index in [9.17, 15) is 13.2 Å². The Morgan fingerprint density at radius 3 is 2.40 bits per heavy atom. The zero-order valence-electron chi connectivity index (χ0n) is 13.2. The van der Waals surface area contributed by atoms with Gasteiger partial charge in [-0.2, -0.15) is 0 Å². The van der Waals surface area contributed by atoms with E-state index in [0.717, 1.165) is 0 Å². The monoisotopic (exact) mass is 358 g/mol. The summed E-state index contributed by atoms with van der Waals surface area (Å²) in [6.07, 6.45) is 3.17. The van der Waals surface area contributed by atoms with E-state index in [1.165, 1.54) is 24.3 Å². The van der Waals surface area contributed by atoms with Gasteiger partial charge in [0.15, 0.2) is 9.84 Å². The Hall–Kier alpha value is -3.07. The van der Waals surface area contributed by atoms with Gasteiger partial charge in [0.1, 0.15) is 0 Å². The van der Waals surface area contributed by atoms with E-state index in [1.807, 2.05) is 0 Å². The summed E-state index contributed by atoms with van der Waals surface area (Å²) in [6, 6.07) is 8.99. The molecule has 2 aromatic heterocycles. The molecule has 0 unspecified atom stereocenters. The lowest BCUT2D eigenvalue weighted by Crippen LogP contribution is -2.12. The Morgan fingerprint density at radius 2 is 1.76 bits per heavy atom. The summed E-state index contributed by atoms with van der Waals surface area (Å²) in [4.78, 5) is 16.3. The molecule has 0 saturated carbocycles. The van der Waals surface area contributed by atoms with Crippen molar-refractivity contribution in [3.63, 3.8) is 0 Å². The van der Waals surface area contributed by atoms with Crippen molar-refractivity contribution in [2.75, 3.05) is 11.1 Å². The standard InChI is InChI=1S/C16H14N4O4S/c1-2-25(22,23)13-5-3-11(4-6-13)14(21)18-16-20-19-15(24-16)12-7-9-17-10-8-12/h3-10H,2H2,1H3,(H,18,20,21). The number of pyridine rings is 1. The third kappa shape index (κ3) is 3.72. The van der Waals surface area contributed by atoms with Crippen LogP contribution in [0.15, 0.2) is 58.1 Å². The van der Waals surface area contributed by atoms with E-state index in [2.05, 4.69) is 20.5 Å². The van der Waals surface area contributed by atoms with E-state index in [0.29, 0.717) is 5.56 Å². The molecule has 25 heavy (non-hydrogen) atoms. The number of benzene rings is 1. The molecule has 0 aliphatic heterocycles. The lowest BCUT2D eigenvalue weighted by molar-refractivity contribution is 0.102. The topological polar surface area (TPSA) is 115 Å². The van der Waals surface area contributed by atoms with Crippen LogP contribution in [0.5, 0.6) is 0 Å². The maximum absolute atomic E-state index is 12.2. The lowest BCUT2D eigenvalue weighted by atomic mass is 10.2. The van der Waals surface area contributed by atoms with Crippen molar-refractivity contribution < 1.29 is 17.6 Å². The summed E-state index contributed by atoms with van der Waals surface area (Å²) in [6.45, 7) is 1.56. The molecule has 0 atom stereocenters. The van der Waals surface area contributed by atoms with Gasteiger partial charge in [-0.1, -0.05) is 12.0 Å². The number of carbonyl (C=O) groups excluding carboxylic acids is 1. The van der Waals surface area contributed by atoms with Crippen LogP contribution in [0.1, 0.15) is 17.3 Å². The number of carbonyl (C=O) groups is 1. The zero-order chi connectivity index (χ0) is 17.9. The average Bonchev–Trinajstić information content (AvgIpc) is 3.11. The predicted octanol–water partition coefficient (Wildman–Crippen LogP) is 2.18. The van der Waals surface area contributed by atoms with Crippen molar-refractivity contribution in [1.29, 1.82) is 0 Å². The summed E-state index contributed by atoms with van der Waals surface area (Å²) in [5.41, 5.74) is 0.954. The molecule has 0 fully saturated rings. The van der Waals surface area contributed by atoms with Crippen LogP contribution in [-0.4, -0.2) is 35.3 Å². The van der Waals surface area contributed by atoms with Crippen LogP contribution in [0.2, 0.25) is 0 Å². The summed E-state index contributed by atoms with van der Waals surface area (Å²) in [5, 5.41) is 10.1. The van der Waals surface area contributed by atoms with Crippen molar-refractivity contribution in [2.24, 2.45) is 0 Å². The minimum absolute atomic E-state index is 0.00168. The van der Waals surface area contributed by atoms with Crippen LogP contribution in [-0.2, 0) is 9.84 Å². The van der Waals surface area contributed by atoms with Crippen LogP contribution < -0.4 is 5.32 Å². The van der Waals surface area contributed by atoms with Crippen molar-refractivity contribution in [2.45, 2.75) is 11.8 Å². The second-order valence-corrected chi connectivity index (χ2v) is 7.31. The highest BCUT2D eigenvalue weighted by Gasteiger charge is 2.15. The van der Waals surface area contributed by atoms with Gasteiger partial charge < -0.3 is 4.42 Å². The van der Waals surface area contributed by atoms with Crippen LogP contribution in [0.4, 0.5) is 6.01 Å². The largest absolute Gasteiger partial charge is 0.403 e. The number of nitrogens with zero attached hydrogens (tertiary/aromatic N) is 3. The summed E-state index contributed by atoms with van der Waals surface area (Å²) >= 11 is 0. The minimum Gasteiger partial charge on any atom is -0.403 e. The fraction of sp³-hybridized carbons (Fsp3) is 0.125. The lowest BCUT2D eigenvalue weighted by Gasteiger charge is -2.03. The Balaban J connectivity index is 1.74. The Labute approximate surface area is 143 Å². The first-order chi connectivity index (χ1) is 12.0. The van der Waals surface area contributed by atoms with Crippen LogP contribution in [0, 0.1) is 0 Å². The Kier molecular flexibility index (Phi) is 4.57. The van der Waals surface area contributed by atoms with Crippen molar-refractivity contribution >= 4 is 21.8 Å². The number of hydrogen-bond acceptors (Lipinski definition) is 7. The molecule has 8 nitrogen and oxygen atoms in total. The van der Waals surface area contributed by atoms with Gasteiger partial charge in [0.2, 0.25) is 5.89 Å². The molecular weight excluding hydrogens is 344 g/mol. The highest BCUT2D eigenvalue weighted by molar-refractivity contribution is 7.91. The molecule has 0 aliphatic carbocycles. The number of sulfone groups is 1. The van der Waals surface area contributed by atoms with Crippen LogP contribution >= 0.6 is 0 Å². The van der Waals surface area contributed by atoms with E-state index in [4.69, 9.17) is 4.42 Å². The smallest absolute Gasteiger partial charge is 0.322 e. The molecule has 9 heteroatoms. The van der Waals surface area contributed by atoms with E-state index < -0.39 is 15.7 Å². The number of aromatic nitrogens is 3. The van der Waals surface area contributed by atoms with Gasteiger partial charge in [0.05, 0.1) is 10.6 Å². The molecule has 0 bridgehead atoms. The second kappa shape index (κ2) is 6.81. The maximum atomic E-state index is 12.2. The number of anilines is 1. The van der Waals surface area contributed by atoms with Gasteiger partial charge in [-0.15, -0.1) is 5.10 Å². The first-order valence-corrected chi connectivity index (χ1v) is 9.03. The predicted molar refractivity (Wildman–Crippen MR) is 89.7 cm³/mol. The average molecular weight is 358 g/mol. The Bertz CT molecular complexity index is 982. The van der Waals surface area contributed by atoms with Gasteiger partial charge in [0.25, 0.3) is 5.91 Å². The summed E-state index contributed by atoms with van der Waals surface area (Å²) < 4.78 is 28.9. The second-order valence-electron chi connectivity index (χ2n) is 5.03. The van der Waals surface area contributed by atoms with Gasteiger partial charge in [0, 0.05) is 23.5 Å². The molecular formula is C16H14N4O4S. The first kappa shape index (κ1) is 16.8. The van der Waals surface area contributed by atoms with Crippen molar-refractivity contribution in [3.05, 3.63) is 54.4 Å². The summed E-state index contributed by atoms with van der Waals surface area (Å²) in [7, 11) is -3.30. The van der Waals surface area contributed by atoms with E-state index >= 15 is 0 Å². The molecule has 0 aliphatic rings. The highest BCUT2D eigenvalue weighted by atomic mass is 32.2. The zero-order valence-corrected chi connectivity index (χ0v) is 14.0. The first-order valence-electron chi connectivity index (χ1n) is 7.37. The molecule has 1 N–H and O–H groups in total. The number of rotatable bonds is 5. The van der Waals surface area contributed by atoms with Gasteiger partial charge >= 0.3 is 6.01 Å². The molecule has 3 rings (SSSR count). The van der Waals surface area contributed by atoms with Gasteiger partial charge in [-0.05, 0) is 36.4 Å². The SMILES string of the molecule is CCS(=O)(=O)c1ccc(C(=O)Nc2nnc(-c3ccncc3)o2)cc1. The molecule has 0 spiro atoms. The quantitative estimate of drug-likeness (QED) is 0.743. The Morgan fingerprint density at radius 1 is 1.08 bits per heavy atom. The van der Waals surface area contributed by atoms with Crippen LogP contribution in [0.3, 0.4) is 0 Å². The van der Waals surface area contributed by atoms with Crippen molar-refractivity contribution in [1.82, 2.24) is 15.2 Å². The molecule has 128 valence electrons. The fourth-order valence-corrected chi connectivity index (χ4v) is 2.92. The van der Waals surface area contributed by atoms with Gasteiger partial charge in [-0.25, -0.2) is 8.42 Å². The normalized spacial score (nSPS) is 11.2. The number of amides is 1. The van der Waals surface area contributed by atoms with E-state index in [-0.39, 0.29) is 28.1 Å². The molecule has 1 amide bonds. The minimum atomic E-state index is -3.30. The molecule has 0 radical (unpaired) electrons. The molecule has 0 saturated heterocycles. The van der Waals surface area contributed by atoms with Crippen molar-refractivity contribution in [3.8, 4) is 11.5 Å².